The Kier molecular flexibility index (Phi) is 7.83. The second-order valence-corrected chi connectivity index (χ2v) is 6.45. The Labute approximate surface area is 148 Å². The van der Waals surface area contributed by atoms with Crippen molar-refractivity contribution in [3.8, 4) is 0 Å². The van der Waals surface area contributed by atoms with E-state index in [9.17, 15) is 4.79 Å². The van der Waals surface area contributed by atoms with Crippen LogP contribution in [0.5, 0.6) is 0 Å². The zero-order valence-corrected chi connectivity index (χ0v) is 15.1. The van der Waals surface area contributed by atoms with Gasteiger partial charge in [-0.05, 0) is 24.6 Å². The minimum atomic E-state index is 0. The SMILES string of the molecule is Cc1cccc(N2CCN(C(=O)C3CSCN3)CC2)c1.Cl.Cl. The van der Waals surface area contributed by atoms with Gasteiger partial charge in [-0.15, -0.1) is 36.6 Å². The van der Waals surface area contributed by atoms with Crippen molar-refractivity contribution >= 4 is 48.2 Å². The van der Waals surface area contributed by atoms with Gasteiger partial charge in [0.25, 0.3) is 0 Å². The topological polar surface area (TPSA) is 35.6 Å². The van der Waals surface area contributed by atoms with Crippen LogP contribution in [0.2, 0.25) is 0 Å². The van der Waals surface area contributed by atoms with Gasteiger partial charge in [-0.3, -0.25) is 10.1 Å². The smallest absolute Gasteiger partial charge is 0.240 e. The van der Waals surface area contributed by atoms with Crippen LogP contribution in [0.3, 0.4) is 0 Å². The molecule has 2 aliphatic heterocycles. The lowest BCUT2D eigenvalue weighted by Gasteiger charge is -2.37. The maximum Gasteiger partial charge on any atom is 0.240 e. The molecule has 0 aromatic heterocycles. The van der Waals surface area contributed by atoms with Crippen molar-refractivity contribution in [2.45, 2.75) is 13.0 Å². The monoisotopic (exact) mass is 363 g/mol. The summed E-state index contributed by atoms with van der Waals surface area (Å²) in [7, 11) is 0. The number of hydrogen-bond donors (Lipinski definition) is 1. The number of thioether (sulfide) groups is 1. The van der Waals surface area contributed by atoms with Gasteiger partial charge < -0.3 is 9.80 Å². The highest BCUT2D eigenvalue weighted by Gasteiger charge is 2.29. The molecule has 3 rings (SSSR count). The quantitative estimate of drug-likeness (QED) is 0.872. The Morgan fingerprint density at radius 3 is 2.55 bits per heavy atom. The van der Waals surface area contributed by atoms with Crippen LogP contribution in [0.1, 0.15) is 5.56 Å². The summed E-state index contributed by atoms with van der Waals surface area (Å²) in [6, 6.07) is 8.62. The minimum Gasteiger partial charge on any atom is -0.368 e. The van der Waals surface area contributed by atoms with Gasteiger partial charge >= 0.3 is 0 Å². The van der Waals surface area contributed by atoms with Crippen molar-refractivity contribution in [1.82, 2.24) is 10.2 Å². The van der Waals surface area contributed by atoms with E-state index >= 15 is 0 Å². The molecule has 4 nitrogen and oxygen atoms in total. The Bertz CT molecular complexity index is 489. The molecule has 0 saturated carbocycles. The molecule has 22 heavy (non-hydrogen) atoms. The van der Waals surface area contributed by atoms with Crippen LogP contribution in [-0.2, 0) is 4.79 Å². The molecule has 1 amide bonds. The Balaban J connectivity index is 0.00000121. The molecule has 124 valence electrons. The number of halogens is 2. The second kappa shape index (κ2) is 8.87. The highest BCUT2D eigenvalue weighted by Crippen LogP contribution is 2.19. The molecule has 0 bridgehead atoms. The number of carbonyl (C=O) groups is 1. The molecule has 2 aliphatic rings. The molecular weight excluding hydrogens is 341 g/mol. The van der Waals surface area contributed by atoms with Gasteiger partial charge in [0.05, 0.1) is 6.04 Å². The van der Waals surface area contributed by atoms with Crippen molar-refractivity contribution in [3.05, 3.63) is 29.8 Å². The third-order valence-electron chi connectivity index (χ3n) is 3.97. The highest BCUT2D eigenvalue weighted by atomic mass is 35.5. The van der Waals surface area contributed by atoms with Gasteiger partial charge in [-0.1, -0.05) is 12.1 Å². The molecule has 1 aromatic rings. The lowest BCUT2D eigenvalue weighted by atomic mass is 10.2. The van der Waals surface area contributed by atoms with E-state index in [4.69, 9.17) is 0 Å². The summed E-state index contributed by atoms with van der Waals surface area (Å²) in [5.41, 5.74) is 2.56. The first-order valence-corrected chi connectivity index (χ1v) is 8.31. The van der Waals surface area contributed by atoms with E-state index in [1.807, 2.05) is 4.90 Å². The summed E-state index contributed by atoms with van der Waals surface area (Å²) in [5, 5.41) is 3.26. The molecule has 1 unspecified atom stereocenters. The van der Waals surface area contributed by atoms with Gasteiger partial charge in [-0.2, -0.15) is 0 Å². The van der Waals surface area contributed by atoms with E-state index in [-0.39, 0.29) is 36.8 Å². The van der Waals surface area contributed by atoms with E-state index in [1.54, 1.807) is 11.8 Å². The lowest BCUT2D eigenvalue weighted by Crippen LogP contribution is -2.53. The minimum absolute atomic E-state index is 0. The Hall–Kier alpha value is -0.620. The molecule has 2 fully saturated rings. The molecule has 1 atom stereocenters. The molecule has 7 heteroatoms. The highest BCUT2D eigenvalue weighted by molar-refractivity contribution is 7.99. The molecule has 2 saturated heterocycles. The van der Waals surface area contributed by atoms with Crippen molar-refractivity contribution < 1.29 is 4.79 Å². The molecule has 2 heterocycles. The number of amides is 1. The number of carbonyl (C=O) groups excluding carboxylic acids is 1. The van der Waals surface area contributed by atoms with Crippen LogP contribution in [0, 0.1) is 6.92 Å². The van der Waals surface area contributed by atoms with Gasteiger partial charge in [0.2, 0.25) is 5.91 Å². The van der Waals surface area contributed by atoms with E-state index in [0.29, 0.717) is 0 Å². The first kappa shape index (κ1) is 19.4. The summed E-state index contributed by atoms with van der Waals surface area (Å²) in [5.74, 6) is 2.09. The summed E-state index contributed by atoms with van der Waals surface area (Å²) < 4.78 is 0. The third-order valence-corrected chi connectivity index (χ3v) is 4.91. The van der Waals surface area contributed by atoms with E-state index in [1.165, 1.54) is 11.3 Å². The zero-order valence-electron chi connectivity index (χ0n) is 12.7. The van der Waals surface area contributed by atoms with Gasteiger partial charge in [0.1, 0.15) is 0 Å². The summed E-state index contributed by atoms with van der Waals surface area (Å²) >= 11 is 1.80. The van der Waals surface area contributed by atoms with E-state index in [0.717, 1.165) is 37.8 Å². The number of anilines is 1. The van der Waals surface area contributed by atoms with Crippen molar-refractivity contribution in [1.29, 1.82) is 0 Å². The number of nitrogens with zero attached hydrogens (tertiary/aromatic N) is 2. The van der Waals surface area contributed by atoms with Crippen molar-refractivity contribution in [2.24, 2.45) is 0 Å². The Morgan fingerprint density at radius 2 is 1.95 bits per heavy atom. The molecule has 0 radical (unpaired) electrons. The number of aryl methyl sites for hydroxylation is 1. The maximum absolute atomic E-state index is 12.3. The van der Waals surface area contributed by atoms with Gasteiger partial charge in [0, 0.05) is 43.5 Å². The fourth-order valence-electron chi connectivity index (χ4n) is 2.78. The maximum atomic E-state index is 12.3. The van der Waals surface area contributed by atoms with Crippen molar-refractivity contribution in [2.75, 3.05) is 42.7 Å². The summed E-state index contributed by atoms with van der Waals surface area (Å²) in [4.78, 5) is 16.7. The average molecular weight is 364 g/mol. The summed E-state index contributed by atoms with van der Waals surface area (Å²) in [6.07, 6.45) is 0. The fraction of sp³-hybridized carbons (Fsp3) is 0.533. The number of rotatable bonds is 2. The largest absolute Gasteiger partial charge is 0.368 e. The number of hydrogen-bond acceptors (Lipinski definition) is 4. The molecular formula is C15H23Cl2N3OS. The molecule has 0 aliphatic carbocycles. The first-order valence-electron chi connectivity index (χ1n) is 7.15. The normalized spacial score (nSPS) is 21.0. The average Bonchev–Trinajstić information content (AvgIpc) is 3.01. The van der Waals surface area contributed by atoms with Crippen LogP contribution in [0.15, 0.2) is 24.3 Å². The standard InChI is InChI=1S/C15H21N3OS.2ClH/c1-12-3-2-4-13(9-12)17-5-7-18(8-6-17)15(19)14-10-20-11-16-14;;/h2-4,9,14,16H,5-8,10-11H2,1H3;2*1H. The zero-order chi connectivity index (χ0) is 13.9. The van der Waals surface area contributed by atoms with E-state index in [2.05, 4.69) is 41.4 Å². The van der Waals surface area contributed by atoms with E-state index < -0.39 is 0 Å². The van der Waals surface area contributed by atoms with Gasteiger partial charge in [-0.25, -0.2) is 0 Å². The molecule has 1 N–H and O–H groups in total. The van der Waals surface area contributed by atoms with Crippen LogP contribution in [0.4, 0.5) is 5.69 Å². The Morgan fingerprint density at radius 1 is 1.23 bits per heavy atom. The van der Waals surface area contributed by atoms with Crippen LogP contribution < -0.4 is 10.2 Å². The molecule has 0 spiro atoms. The third kappa shape index (κ3) is 4.44. The predicted octanol–water partition coefficient (Wildman–Crippen LogP) is 2.15. The number of nitrogens with one attached hydrogen (secondary N) is 1. The molecule has 1 aromatic carbocycles. The van der Waals surface area contributed by atoms with Crippen LogP contribution in [0.25, 0.3) is 0 Å². The number of benzene rings is 1. The van der Waals surface area contributed by atoms with Crippen molar-refractivity contribution in [3.63, 3.8) is 0 Å². The van der Waals surface area contributed by atoms with Gasteiger partial charge in [0.15, 0.2) is 0 Å². The second-order valence-electron chi connectivity index (χ2n) is 5.42. The first-order chi connectivity index (χ1) is 9.74. The predicted molar refractivity (Wildman–Crippen MR) is 98.7 cm³/mol. The van der Waals surface area contributed by atoms with Crippen LogP contribution >= 0.6 is 36.6 Å². The fourth-order valence-corrected chi connectivity index (χ4v) is 3.72. The number of piperazine rings is 1. The van der Waals surface area contributed by atoms with Crippen LogP contribution in [-0.4, -0.2) is 54.7 Å². The lowest BCUT2D eigenvalue weighted by molar-refractivity contribution is -0.132. The summed E-state index contributed by atoms with van der Waals surface area (Å²) in [6.45, 7) is 5.63.